The van der Waals surface area contributed by atoms with Crippen LogP contribution in [0.1, 0.15) is 25.3 Å². The smallest absolute Gasteiger partial charge is 0.226 e. The Balaban J connectivity index is 0.00000182. The molecule has 1 atom stereocenters. The predicted octanol–water partition coefficient (Wildman–Crippen LogP) is 2.58. The summed E-state index contributed by atoms with van der Waals surface area (Å²) in [5.74, 6) is 0.489. The molecule has 0 bridgehead atoms. The molecule has 5 nitrogen and oxygen atoms in total. The number of nitrogens with one attached hydrogen (secondary N) is 1. The first-order valence-corrected chi connectivity index (χ1v) is 9.59. The lowest BCUT2D eigenvalue weighted by Gasteiger charge is -2.37. The summed E-state index contributed by atoms with van der Waals surface area (Å²) in [7, 11) is 0. The average molecular weight is 418 g/mol. The van der Waals surface area contributed by atoms with Crippen molar-refractivity contribution in [3.63, 3.8) is 0 Å². The number of piperidine rings is 1. The van der Waals surface area contributed by atoms with Crippen LogP contribution >= 0.6 is 24.8 Å². The zero-order valence-corrected chi connectivity index (χ0v) is 17.8. The van der Waals surface area contributed by atoms with Gasteiger partial charge >= 0.3 is 0 Å². The summed E-state index contributed by atoms with van der Waals surface area (Å²) in [4.78, 5) is 17.8. The minimum Gasteiger partial charge on any atom is -0.379 e. The third-order valence-corrected chi connectivity index (χ3v) is 5.33. The second-order valence-electron chi connectivity index (χ2n) is 7.24. The molecule has 1 aromatic carbocycles. The van der Waals surface area contributed by atoms with Crippen molar-refractivity contribution in [3.05, 3.63) is 35.9 Å². The summed E-state index contributed by atoms with van der Waals surface area (Å²) >= 11 is 0. The molecular weight excluding hydrogens is 385 g/mol. The molecule has 7 heteroatoms. The van der Waals surface area contributed by atoms with Crippen LogP contribution in [-0.4, -0.2) is 67.7 Å². The van der Waals surface area contributed by atoms with E-state index in [-0.39, 0.29) is 36.8 Å². The van der Waals surface area contributed by atoms with E-state index in [1.165, 1.54) is 5.56 Å². The maximum absolute atomic E-state index is 13.2. The third kappa shape index (κ3) is 7.24. The zero-order valence-electron chi connectivity index (χ0n) is 16.1. The fourth-order valence-electron chi connectivity index (χ4n) is 3.79. The van der Waals surface area contributed by atoms with E-state index in [9.17, 15) is 4.79 Å². The number of carbonyl (C=O) groups excluding carboxylic acids is 1. The minimum atomic E-state index is 0. The summed E-state index contributed by atoms with van der Waals surface area (Å²) in [6.07, 6.45) is 1.91. The number of hydrogen-bond donors (Lipinski definition) is 1. The van der Waals surface area contributed by atoms with Crippen molar-refractivity contribution in [3.8, 4) is 0 Å². The van der Waals surface area contributed by atoms with E-state index in [2.05, 4.69) is 46.3 Å². The standard InChI is InChI=1S/C20H31N3O2.2ClH/c1-17(15-22-11-13-25-14-12-22)23(16-18-5-3-2-4-6-18)20(24)19-7-9-21-10-8-19;;/h2-6,17,19,21H,7-16H2,1H3;2*1H. The molecule has 27 heavy (non-hydrogen) atoms. The number of morpholine rings is 1. The summed E-state index contributed by atoms with van der Waals surface area (Å²) < 4.78 is 5.45. The highest BCUT2D eigenvalue weighted by molar-refractivity contribution is 5.85. The topological polar surface area (TPSA) is 44.8 Å². The van der Waals surface area contributed by atoms with Gasteiger partial charge in [0.25, 0.3) is 0 Å². The van der Waals surface area contributed by atoms with Gasteiger partial charge in [0.1, 0.15) is 0 Å². The Hall–Kier alpha value is -0.850. The zero-order chi connectivity index (χ0) is 17.5. The summed E-state index contributed by atoms with van der Waals surface area (Å²) in [6, 6.07) is 10.6. The minimum absolute atomic E-state index is 0. The molecule has 1 amide bonds. The Kier molecular flexibility index (Phi) is 11.3. The van der Waals surface area contributed by atoms with Crippen LogP contribution in [0.15, 0.2) is 30.3 Å². The molecule has 2 aliphatic heterocycles. The first-order valence-electron chi connectivity index (χ1n) is 9.59. The SMILES string of the molecule is CC(CN1CCOCC1)N(Cc1ccccc1)C(=O)C1CCNCC1.Cl.Cl. The van der Waals surface area contributed by atoms with Crippen molar-refractivity contribution in [2.75, 3.05) is 45.9 Å². The number of amides is 1. The van der Waals surface area contributed by atoms with Crippen molar-refractivity contribution < 1.29 is 9.53 Å². The van der Waals surface area contributed by atoms with Gasteiger partial charge in [-0.1, -0.05) is 30.3 Å². The summed E-state index contributed by atoms with van der Waals surface area (Å²) in [5, 5.41) is 3.36. The van der Waals surface area contributed by atoms with Gasteiger partial charge in [-0.25, -0.2) is 0 Å². The van der Waals surface area contributed by atoms with Crippen LogP contribution < -0.4 is 5.32 Å². The molecule has 1 unspecified atom stereocenters. The normalized spacial score (nSPS) is 19.4. The maximum Gasteiger partial charge on any atom is 0.226 e. The molecule has 0 saturated carbocycles. The molecule has 1 aromatic rings. The van der Waals surface area contributed by atoms with Gasteiger partial charge < -0.3 is 15.0 Å². The van der Waals surface area contributed by atoms with E-state index >= 15 is 0 Å². The van der Waals surface area contributed by atoms with Gasteiger partial charge in [-0.3, -0.25) is 9.69 Å². The second-order valence-corrected chi connectivity index (χ2v) is 7.24. The molecule has 2 fully saturated rings. The van der Waals surface area contributed by atoms with Crippen molar-refractivity contribution in [2.45, 2.75) is 32.4 Å². The van der Waals surface area contributed by atoms with Crippen LogP contribution in [0.3, 0.4) is 0 Å². The molecule has 2 aliphatic rings. The highest BCUT2D eigenvalue weighted by Crippen LogP contribution is 2.20. The number of rotatable bonds is 6. The monoisotopic (exact) mass is 417 g/mol. The van der Waals surface area contributed by atoms with Crippen molar-refractivity contribution in [2.24, 2.45) is 5.92 Å². The van der Waals surface area contributed by atoms with E-state index in [0.717, 1.165) is 58.8 Å². The molecular formula is C20H33Cl2N3O2. The van der Waals surface area contributed by atoms with Crippen molar-refractivity contribution in [1.82, 2.24) is 15.1 Å². The van der Waals surface area contributed by atoms with E-state index < -0.39 is 0 Å². The Morgan fingerprint density at radius 3 is 2.44 bits per heavy atom. The first kappa shape index (κ1) is 24.2. The fourth-order valence-corrected chi connectivity index (χ4v) is 3.79. The van der Waals surface area contributed by atoms with E-state index in [0.29, 0.717) is 12.5 Å². The molecule has 0 radical (unpaired) electrons. The van der Waals surface area contributed by atoms with Crippen LogP contribution in [0.5, 0.6) is 0 Å². The van der Waals surface area contributed by atoms with Crippen LogP contribution in [0, 0.1) is 5.92 Å². The van der Waals surface area contributed by atoms with Gasteiger partial charge in [0, 0.05) is 38.1 Å². The molecule has 2 heterocycles. The highest BCUT2D eigenvalue weighted by atomic mass is 35.5. The molecule has 0 aromatic heterocycles. The molecule has 3 rings (SSSR count). The first-order chi connectivity index (χ1) is 12.2. The quantitative estimate of drug-likeness (QED) is 0.772. The summed E-state index contributed by atoms with van der Waals surface area (Å²) in [6.45, 7) is 9.25. The largest absolute Gasteiger partial charge is 0.379 e. The number of carbonyl (C=O) groups is 1. The van der Waals surface area contributed by atoms with Gasteiger partial charge in [-0.05, 0) is 38.4 Å². The second kappa shape index (κ2) is 12.6. The van der Waals surface area contributed by atoms with Gasteiger partial charge in [-0.15, -0.1) is 24.8 Å². The van der Waals surface area contributed by atoms with Crippen LogP contribution in [0.25, 0.3) is 0 Å². The van der Waals surface area contributed by atoms with Crippen molar-refractivity contribution >= 4 is 30.7 Å². The van der Waals surface area contributed by atoms with Crippen LogP contribution in [0.2, 0.25) is 0 Å². The molecule has 0 spiro atoms. The van der Waals surface area contributed by atoms with E-state index in [1.807, 2.05) is 6.07 Å². The third-order valence-electron chi connectivity index (χ3n) is 5.33. The molecule has 0 aliphatic carbocycles. The molecule has 154 valence electrons. The van der Waals surface area contributed by atoms with Gasteiger partial charge in [0.2, 0.25) is 5.91 Å². The van der Waals surface area contributed by atoms with E-state index in [1.54, 1.807) is 0 Å². The van der Waals surface area contributed by atoms with E-state index in [4.69, 9.17) is 4.74 Å². The summed E-state index contributed by atoms with van der Waals surface area (Å²) in [5.41, 5.74) is 1.21. The Bertz CT molecular complexity index is 535. The predicted molar refractivity (Wildman–Crippen MR) is 114 cm³/mol. The lowest BCUT2D eigenvalue weighted by atomic mass is 9.95. The Labute approximate surface area is 175 Å². The number of halogens is 2. The van der Waals surface area contributed by atoms with Gasteiger partial charge in [0.05, 0.1) is 13.2 Å². The lowest BCUT2D eigenvalue weighted by molar-refractivity contribution is -0.139. The Morgan fingerprint density at radius 1 is 1.19 bits per heavy atom. The number of hydrogen-bond acceptors (Lipinski definition) is 4. The Morgan fingerprint density at radius 2 is 1.81 bits per heavy atom. The lowest BCUT2D eigenvalue weighted by Crippen LogP contribution is -2.50. The molecule has 1 N–H and O–H groups in total. The van der Waals surface area contributed by atoms with Crippen LogP contribution in [-0.2, 0) is 16.1 Å². The number of benzene rings is 1. The van der Waals surface area contributed by atoms with Crippen LogP contribution in [0.4, 0.5) is 0 Å². The number of ether oxygens (including phenoxy) is 1. The highest BCUT2D eigenvalue weighted by Gasteiger charge is 2.30. The van der Waals surface area contributed by atoms with Crippen molar-refractivity contribution in [1.29, 1.82) is 0 Å². The fraction of sp³-hybridized carbons (Fsp3) is 0.650. The molecule has 2 saturated heterocycles. The maximum atomic E-state index is 13.2. The van der Waals surface area contributed by atoms with Gasteiger partial charge in [-0.2, -0.15) is 0 Å². The van der Waals surface area contributed by atoms with Gasteiger partial charge in [0.15, 0.2) is 0 Å². The number of nitrogens with zero attached hydrogens (tertiary/aromatic N) is 2. The average Bonchev–Trinajstić information content (AvgIpc) is 2.68.